The second-order valence-corrected chi connectivity index (χ2v) is 5.06. The molecule has 0 unspecified atom stereocenters. The maximum absolute atomic E-state index is 13.6. The number of rotatable bonds is 4. The van der Waals surface area contributed by atoms with Gasteiger partial charge in [0.25, 0.3) is 0 Å². The van der Waals surface area contributed by atoms with Crippen molar-refractivity contribution in [3.8, 4) is 11.5 Å². The second kappa shape index (κ2) is 7.29. The van der Waals surface area contributed by atoms with Crippen LogP contribution in [-0.2, 0) is 0 Å². The average molecular weight is 341 g/mol. The van der Waals surface area contributed by atoms with E-state index in [2.05, 4.69) is 10.6 Å². The third-order valence-electron chi connectivity index (χ3n) is 2.84. The van der Waals surface area contributed by atoms with Crippen LogP contribution in [0.4, 0.5) is 15.8 Å². The maximum atomic E-state index is 13.6. The van der Waals surface area contributed by atoms with Gasteiger partial charge in [-0.2, -0.15) is 0 Å². The van der Waals surface area contributed by atoms with Crippen molar-refractivity contribution in [1.29, 1.82) is 0 Å². The minimum absolute atomic E-state index is 0.213. The summed E-state index contributed by atoms with van der Waals surface area (Å²) in [5.41, 5.74) is 0.820. The van der Waals surface area contributed by atoms with Gasteiger partial charge in [-0.25, -0.2) is 4.39 Å². The number of anilines is 2. The molecule has 7 heteroatoms. The number of thiocarbonyl (C=S) groups is 1. The SMILES string of the molecule is COc1cc(OC)c(NC(=S)Nc2ccccc2F)cc1Cl. The molecule has 0 spiro atoms. The summed E-state index contributed by atoms with van der Waals surface area (Å²) in [7, 11) is 3.03. The zero-order valence-corrected chi connectivity index (χ0v) is 13.5. The summed E-state index contributed by atoms with van der Waals surface area (Å²) in [5, 5.41) is 6.31. The van der Waals surface area contributed by atoms with Crippen molar-refractivity contribution >= 4 is 40.3 Å². The number of methoxy groups -OCH3 is 2. The van der Waals surface area contributed by atoms with Crippen LogP contribution in [0, 0.1) is 5.82 Å². The van der Waals surface area contributed by atoms with Gasteiger partial charge < -0.3 is 20.1 Å². The molecule has 0 heterocycles. The Morgan fingerprint density at radius 3 is 2.32 bits per heavy atom. The largest absolute Gasteiger partial charge is 0.495 e. The van der Waals surface area contributed by atoms with E-state index in [1.807, 2.05) is 0 Å². The van der Waals surface area contributed by atoms with Gasteiger partial charge in [-0.1, -0.05) is 23.7 Å². The van der Waals surface area contributed by atoms with Crippen molar-refractivity contribution in [1.82, 2.24) is 0 Å². The molecule has 4 nitrogen and oxygen atoms in total. The molecule has 0 aliphatic heterocycles. The van der Waals surface area contributed by atoms with Crippen LogP contribution in [0.25, 0.3) is 0 Å². The lowest BCUT2D eigenvalue weighted by Crippen LogP contribution is -2.20. The quantitative estimate of drug-likeness (QED) is 0.812. The first-order valence-corrected chi connectivity index (χ1v) is 7.08. The van der Waals surface area contributed by atoms with Crippen molar-refractivity contribution in [3.05, 3.63) is 47.2 Å². The Bertz CT molecular complexity index is 697. The number of para-hydroxylation sites is 1. The molecule has 0 saturated heterocycles. The molecule has 0 saturated carbocycles. The summed E-state index contributed by atoms with van der Waals surface area (Å²) in [6.07, 6.45) is 0. The zero-order valence-electron chi connectivity index (χ0n) is 11.9. The third kappa shape index (κ3) is 3.78. The summed E-state index contributed by atoms with van der Waals surface area (Å²) in [6, 6.07) is 9.49. The van der Waals surface area contributed by atoms with Crippen LogP contribution in [-0.4, -0.2) is 19.3 Å². The first-order chi connectivity index (χ1) is 10.5. The van der Waals surface area contributed by atoms with Gasteiger partial charge in [0.2, 0.25) is 0 Å². The summed E-state index contributed by atoms with van der Waals surface area (Å²) >= 11 is 11.3. The standard InChI is InChI=1S/C15H14ClFN2O2S/c1-20-13-8-14(21-2)12(7-9(13)16)19-15(22)18-11-6-4-3-5-10(11)17/h3-8H,1-2H3,(H2,18,19,22). The van der Waals surface area contributed by atoms with E-state index in [1.165, 1.54) is 20.3 Å². The fourth-order valence-corrected chi connectivity index (χ4v) is 2.26. The van der Waals surface area contributed by atoms with Gasteiger partial charge >= 0.3 is 0 Å². The Hall–Kier alpha value is -2.05. The molecule has 2 rings (SSSR count). The highest BCUT2D eigenvalue weighted by Gasteiger charge is 2.11. The van der Waals surface area contributed by atoms with Crippen LogP contribution >= 0.6 is 23.8 Å². The average Bonchev–Trinajstić information content (AvgIpc) is 2.50. The summed E-state index contributed by atoms with van der Waals surface area (Å²) in [5.74, 6) is 0.586. The number of hydrogen-bond acceptors (Lipinski definition) is 3. The van der Waals surface area contributed by atoms with Crippen LogP contribution in [0.1, 0.15) is 0 Å². The van der Waals surface area contributed by atoms with Gasteiger partial charge in [0.15, 0.2) is 5.11 Å². The van der Waals surface area contributed by atoms with Crippen molar-refractivity contribution in [2.75, 3.05) is 24.9 Å². The number of hydrogen-bond donors (Lipinski definition) is 2. The van der Waals surface area contributed by atoms with E-state index in [0.29, 0.717) is 22.2 Å². The summed E-state index contributed by atoms with van der Waals surface area (Å²) < 4.78 is 24.0. The Labute approximate surface area is 138 Å². The third-order valence-corrected chi connectivity index (χ3v) is 3.34. The predicted molar refractivity (Wildman–Crippen MR) is 90.8 cm³/mol. The number of nitrogens with one attached hydrogen (secondary N) is 2. The first-order valence-electron chi connectivity index (χ1n) is 6.29. The Morgan fingerprint density at radius 2 is 1.68 bits per heavy atom. The molecule has 0 amide bonds. The van der Waals surface area contributed by atoms with Crippen LogP contribution < -0.4 is 20.1 Å². The van der Waals surface area contributed by atoms with Crippen LogP contribution in [0.3, 0.4) is 0 Å². The van der Waals surface area contributed by atoms with Gasteiger partial charge in [-0.05, 0) is 30.4 Å². The lowest BCUT2D eigenvalue weighted by molar-refractivity contribution is 0.396. The van der Waals surface area contributed by atoms with E-state index >= 15 is 0 Å². The lowest BCUT2D eigenvalue weighted by atomic mass is 10.2. The molecule has 2 N–H and O–H groups in total. The van der Waals surface area contributed by atoms with E-state index in [-0.39, 0.29) is 10.8 Å². The van der Waals surface area contributed by atoms with E-state index < -0.39 is 5.82 Å². The van der Waals surface area contributed by atoms with Gasteiger partial charge in [0, 0.05) is 6.07 Å². The minimum atomic E-state index is -0.397. The van der Waals surface area contributed by atoms with Crippen molar-refractivity contribution in [2.45, 2.75) is 0 Å². The molecule has 2 aromatic carbocycles. The highest BCUT2D eigenvalue weighted by atomic mass is 35.5. The normalized spacial score (nSPS) is 10.0. The molecule has 0 fully saturated rings. The van der Waals surface area contributed by atoms with Crippen molar-refractivity contribution < 1.29 is 13.9 Å². The smallest absolute Gasteiger partial charge is 0.175 e. The highest BCUT2D eigenvalue weighted by molar-refractivity contribution is 7.80. The monoisotopic (exact) mass is 340 g/mol. The molecule has 0 aliphatic rings. The minimum Gasteiger partial charge on any atom is -0.495 e. The zero-order chi connectivity index (χ0) is 16.1. The lowest BCUT2D eigenvalue weighted by Gasteiger charge is -2.15. The van der Waals surface area contributed by atoms with E-state index in [9.17, 15) is 4.39 Å². The molecule has 0 atom stereocenters. The van der Waals surface area contributed by atoms with E-state index in [4.69, 9.17) is 33.3 Å². The molecule has 0 radical (unpaired) electrons. The van der Waals surface area contributed by atoms with Gasteiger partial charge in [-0.3, -0.25) is 0 Å². The highest BCUT2D eigenvalue weighted by Crippen LogP contribution is 2.35. The topological polar surface area (TPSA) is 42.5 Å². The molecule has 0 aromatic heterocycles. The summed E-state index contributed by atoms with van der Waals surface area (Å²) in [6.45, 7) is 0. The molecular weight excluding hydrogens is 327 g/mol. The Morgan fingerprint density at radius 1 is 1.05 bits per heavy atom. The summed E-state index contributed by atoms with van der Waals surface area (Å²) in [4.78, 5) is 0. The maximum Gasteiger partial charge on any atom is 0.175 e. The van der Waals surface area contributed by atoms with E-state index in [1.54, 1.807) is 30.3 Å². The Balaban J connectivity index is 2.18. The fourth-order valence-electron chi connectivity index (χ4n) is 1.80. The van der Waals surface area contributed by atoms with Crippen molar-refractivity contribution in [2.24, 2.45) is 0 Å². The van der Waals surface area contributed by atoms with Crippen LogP contribution in [0.5, 0.6) is 11.5 Å². The van der Waals surface area contributed by atoms with Gasteiger partial charge in [0.05, 0.1) is 30.6 Å². The fraction of sp³-hybridized carbons (Fsp3) is 0.133. The molecule has 0 bridgehead atoms. The molecular formula is C15H14ClFN2O2S. The number of benzene rings is 2. The molecule has 22 heavy (non-hydrogen) atoms. The van der Waals surface area contributed by atoms with Crippen molar-refractivity contribution in [3.63, 3.8) is 0 Å². The van der Waals surface area contributed by atoms with E-state index in [0.717, 1.165) is 0 Å². The number of ether oxygens (including phenoxy) is 2. The molecule has 0 aliphatic carbocycles. The van der Waals surface area contributed by atoms with Crippen LogP contribution in [0.2, 0.25) is 5.02 Å². The van der Waals surface area contributed by atoms with Gasteiger partial charge in [-0.15, -0.1) is 0 Å². The second-order valence-electron chi connectivity index (χ2n) is 4.25. The Kier molecular flexibility index (Phi) is 5.41. The van der Waals surface area contributed by atoms with Gasteiger partial charge in [0.1, 0.15) is 17.3 Å². The van der Waals surface area contributed by atoms with Crippen LogP contribution in [0.15, 0.2) is 36.4 Å². The predicted octanol–water partition coefficient (Wildman–Crippen LogP) is 4.31. The number of halogens is 2. The first kappa shape index (κ1) is 16.3. The molecule has 116 valence electrons. The molecule has 2 aromatic rings.